The molecule has 0 aliphatic heterocycles. The number of ether oxygens (including phenoxy) is 1. The molecule has 1 aromatic heterocycles. The number of methoxy groups -OCH3 is 1. The highest BCUT2D eigenvalue weighted by molar-refractivity contribution is 7.86. The van der Waals surface area contributed by atoms with Gasteiger partial charge in [-0.3, -0.25) is 9.52 Å². The molecule has 1 atom stereocenters. The standard InChI is InChI=1S/C22H18ClN5O3S/c1-31-14-9-10-16(23)19(12-14)27-21-22(26-18-8-3-2-7-17(18)25-21)28-32(30)15-6-4-5-13(11-15)20(24)29/h2-12H,1H3,(H2,24,29)(H,25,27)(H,26,28). The molecule has 32 heavy (non-hydrogen) atoms. The molecule has 4 rings (SSSR count). The lowest BCUT2D eigenvalue weighted by atomic mass is 10.2. The van der Waals surface area contributed by atoms with Gasteiger partial charge in [-0.1, -0.05) is 29.8 Å². The lowest BCUT2D eigenvalue weighted by molar-refractivity contribution is 0.1000. The van der Waals surface area contributed by atoms with Gasteiger partial charge < -0.3 is 15.8 Å². The molecule has 0 spiro atoms. The molecule has 3 aromatic carbocycles. The summed E-state index contributed by atoms with van der Waals surface area (Å²) in [7, 11) is -0.187. The molecule has 0 saturated heterocycles. The largest absolute Gasteiger partial charge is 0.497 e. The van der Waals surface area contributed by atoms with Crippen molar-refractivity contribution < 1.29 is 13.7 Å². The zero-order chi connectivity index (χ0) is 22.7. The maximum absolute atomic E-state index is 13.0. The Labute approximate surface area is 191 Å². The number of anilines is 3. The Morgan fingerprint density at radius 3 is 2.41 bits per heavy atom. The van der Waals surface area contributed by atoms with E-state index in [9.17, 15) is 9.00 Å². The van der Waals surface area contributed by atoms with Gasteiger partial charge in [0.25, 0.3) is 0 Å². The third kappa shape index (κ3) is 4.63. The second-order valence-electron chi connectivity index (χ2n) is 6.64. The Bertz CT molecular complexity index is 1350. The third-order valence-electron chi connectivity index (χ3n) is 4.52. The van der Waals surface area contributed by atoms with Crippen LogP contribution >= 0.6 is 11.6 Å². The lowest BCUT2D eigenvalue weighted by Gasteiger charge is -2.14. The first-order valence-electron chi connectivity index (χ1n) is 9.40. The average molecular weight is 468 g/mol. The number of benzene rings is 3. The maximum Gasteiger partial charge on any atom is 0.248 e. The third-order valence-corrected chi connectivity index (χ3v) is 5.91. The fourth-order valence-electron chi connectivity index (χ4n) is 2.92. The molecule has 0 aliphatic carbocycles. The van der Waals surface area contributed by atoms with E-state index in [0.717, 1.165) is 0 Å². The van der Waals surface area contributed by atoms with Gasteiger partial charge in [0.15, 0.2) is 22.6 Å². The summed E-state index contributed by atoms with van der Waals surface area (Å²) in [6, 6.07) is 18.7. The van der Waals surface area contributed by atoms with E-state index in [2.05, 4.69) is 20.0 Å². The minimum absolute atomic E-state index is 0.241. The normalized spacial score (nSPS) is 11.7. The van der Waals surface area contributed by atoms with E-state index < -0.39 is 16.9 Å². The lowest BCUT2D eigenvalue weighted by Crippen LogP contribution is -2.13. The predicted molar refractivity (Wildman–Crippen MR) is 126 cm³/mol. The molecule has 4 N–H and O–H groups in total. The molecule has 0 bridgehead atoms. The number of carbonyl (C=O) groups is 1. The van der Waals surface area contributed by atoms with Gasteiger partial charge >= 0.3 is 0 Å². The summed E-state index contributed by atoms with van der Waals surface area (Å²) >= 11 is 6.33. The van der Waals surface area contributed by atoms with E-state index in [1.54, 1.807) is 49.6 Å². The fourth-order valence-corrected chi connectivity index (χ4v) is 3.96. The summed E-state index contributed by atoms with van der Waals surface area (Å²) in [5.74, 6) is 0.556. The molecule has 162 valence electrons. The minimum atomic E-state index is -1.74. The quantitative estimate of drug-likeness (QED) is 0.373. The van der Waals surface area contributed by atoms with Crippen molar-refractivity contribution in [2.45, 2.75) is 4.90 Å². The molecule has 8 nitrogen and oxygen atoms in total. The molecule has 0 fully saturated rings. The smallest absolute Gasteiger partial charge is 0.248 e. The van der Waals surface area contributed by atoms with Gasteiger partial charge in [0.05, 0.1) is 33.7 Å². The van der Waals surface area contributed by atoms with Gasteiger partial charge in [0.1, 0.15) is 5.75 Å². The molecule has 4 aromatic rings. The molecule has 1 unspecified atom stereocenters. The Hall–Kier alpha value is -3.69. The predicted octanol–water partition coefficient (Wildman–Crippen LogP) is 4.27. The molecule has 0 radical (unpaired) electrons. The van der Waals surface area contributed by atoms with Crippen molar-refractivity contribution in [3.05, 3.63) is 77.3 Å². The van der Waals surface area contributed by atoms with Crippen LogP contribution in [0.2, 0.25) is 5.02 Å². The summed E-state index contributed by atoms with van der Waals surface area (Å²) in [5.41, 5.74) is 7.38. The monoisotopic (exact) mass is 467 g/mol. The number of hydrogen-bond acceptors (Lipinski definition) is 6. The van der Waals surface area contributed by atoms with Gasteiger partial charge in [-0.05, 0) is 42.5 Å². The number of nitrogens with one attached hydrogen (secondary N) is 2. The van der Waals surface area contributed by atoms with Crippen LogP contribution in [0.1, 0.15) is 10.4 Å². The van der Waals surface area contributed by atoms with Crippen molar-refractivity contribution in [1.29, 1.82) is 0 Å². The second-order valence-corrected chi connectivity index (χ2v) is 8.26. The van der Waals surface area contributed by atoms with Crippen LogP contribution in [0.5, 0.6) is 5.75 Å². The van der Waals surface area contributed by atoms with Crippen molar-refractivity contribution in [3.63, 3.8) is 0 Å². The van der Waals surface area contributed by atoms with Crippen molar-refractivity contribution in [1.82, 2.24) is 9.97 Å². The number of nitrogens with two attached hydrogens (primary N) is 1. The van der Waals surface area contributed by atoms with Crippen LogP contribution in [-0.4, -0.2) is 27.2 Å². The number of primary amides is 1. The Balaban J connectivity index is 1.74. The van der Waals surface area contributed by atoms with Crippen molar-refractivity contribution in [3.8, 4) is 5.75 Å². The topological polar surface area (TPSA) is 119 Å². The number of hydrogen-bond donors (Lipinski definition) is 3. The summed E-state index contributed by atoms with van der Waals surface area (Å²) in [6.07, 6.45) is 0. The Kier molecular flexibility index (Phi) is 6.20. The van der Waals surface area contributed by atoms with Gasteiger partial charge in [-0.25, -0.2) is 14.2 Å². The van der Waals surface area contributed by atoms with Crippen molar-refractivity contribution in [2.75, 3.05) is 17.1 Å². The van der Waals surface area contributed by atoms with Gasteiger partial charge in [0, 0.05) is 11.6 Å². The average Bonchev–Trinajstić information content (AvgIpc) is 2.80. The Morgan fingerprint density at radius 2 is 1.72 bits per heavy atom. The van der Waals surface area contributed by atoms with Gasteiger partial charge in [-0.15, -0.1) is 0 Å². The van der Waals surface area contributed by atoms with Crippen LogP contribution in [0.4, 0.5) is 17.3 Å². The molecule has 0 saturated carbocycles. The van der Waals surface area contributed by atoms with E-state index >= 15 is 0 Å². The van der Waals surface area contributed by atoms with E-state index in [0.29, 0.717) is 38.2 Å². The summed E-state index contributed by atoms with van der Waals surface area (Å²) < 4.78 is 21.1. The second kappa shape index (κ2) is 9.21. The maximum atomic E-state index is 13.0. The number of fused-ring (bicyclic) bond motifs is 1. The first-order chi connectivity index (χ1) is 15.4. The summed E-state index contributed by atoms with van der Waals surface area (Å²) in [4.78, 5) is 21.0. The molecular formula is C22H18ClN5O3S. The highest BCUT2D eigenvalue weighted by Gasteiger charge is 2.15. The fraction of sp³-hybridized carbons (Fsp3) is 0.0455. The van der Waals surface area contributed by atoms with Crippen LogP contribution in [0.3, 0.4) is 0 Å². The first kappa shape index (κ1) is 21.5. The minimum Gasteiger partial charge on any atom is -0.497 e. The number of carbonyl (C=O) groups excluding carboxylic acids is 1. The first-order valence-corrected chi connectivity index (χ1v) is 10.9. The highest BCUT2D eigenvalue weighted by atomic mass is 35.5. The highest BCUT2D eigenvalue weighted by Crippen LogP contribution is 2.32. The van der Waals surface area contributed by atoms with E-state index in [1.165, 1.54) is 6.07 Å². The zero-order valence-corrected chi connectivity index (χ0v) is 18.4. The SMILES string of the molecule is COc1ccc(Cl)c(Nc2nc3ccccc3nc2NS(=O)c2cccc(C(N)=O)c2)c1. The summed E-state index contributed by atoms with van der Waals surface area (Å²) in [6.45, 7) is 0. The molecular weight excluding hydrogens is 450 g/mol. The molecule has 10 heteroatoms. The van der Waals surface area contributed by atoms with Crippen LogP contribution in [0.25, 0.3) is 11.0 Å². The number of rotatable bonds is 7. The van der Waals surface area contributed by atoms with E-state index in [1.807, 2.05) is 18.2 Å². The van der Waals surface area contributed by atoms with Crippen LogP contribution < -0.4 is 20.5 Å². The van der Waals surface area contributed by atoms with Gasteiger partial charge in [-0.2, -0.15) is 0 Å². The number of nitrogens with zero attached hydrogens (tertiary/aromatic N) is 2. The van der Waals surface area contributed by atoms with Crippen molar-refractivity contribution >= 4 is 56.9 Å². The molecule has 1 amide bonds. The molecule has 1 heterocycles. The van der Waals surface area contributed by atoms with Crippen molar-refractivity contribution in [2.24, 2.45) is 5.73 Å². The number of halogens is 1. The van der Waals surface area contributed by atoms with Crippen LogP contribution in [0, 0.1) is 0 Å². The summed E-state index contributed by atoms with van der Waals surface area (Å²) in [5, 5.41) is 3.58. The number of amides is 1. The van der Waals surface area contributed by atoms with E-state index in [4.69, 9.17) is 22.1 Å². The zero-order valence-electron chi connectivity index (χ0n) is 16.8. The van der Waals surface area contributed by atoms with Gasteiger partial charge in [0.2, 0.25) is 5.91 Å². The Morgan fingerprint density at radius 1 is 1.00 bits per heavy atom. The molecule has 0 aliphatic rings. The number of aromatic nitrogens is 2. The van der Waals surface area contributed by atoms with E-state index in [-0.39, 0.29) is 11.4 Å². The number of para-hydroxylation sites is 2. The van der Waals surface area contributed by atoms with Crippen LogP contribution in [-0.2, 0) is 11.0 Å². The van der Waals surface area contributed by atoms with Crippen LogP contribution in [0.15, 0.2) is 71.6 Å².